The summed E-state index contributed by atoms with van der Waals surface area (Å²) in [7, 11) is 0. The third-order valence-corrected chi connectivity index (χ3v) is 2.73. The molecule has 0 saturated heterocycles. The Kier molecular flexibility index (Phi) is 5.23. The van der Waals surface area contributed by atoms with Crippen LogP contribution in [0.4, 0.5) is 0 Å². The van der Waals surface area contributed by atoms with Crippen LogP contribution in [-0.4, -0.2) is 45.3 Å². The maximum absolute atomic E-state index is 11.5. The smallest absolute Gasteiger partial charge is 0.328 e. The second-order valence-electron chi connectivity index (χ2n) is 4.20. The number of hydrogen-bond acceptors (Lipinski definition) is 5. The summed E-state index contributed by atoms with van der Waals surface area (Å²) in [5.41, 5.74) is 0.0211. The van der Waals surface area contributed by atoms with Crippen molar-refractivity contribution in [3.8, 4) is 0 Å². The molecule has 0 aromatic heterocycles. The molecule has 19 heavy (non-hydrogen) atoms. The zero-order valence-corrected chi connectivity index (χ0v) is 10.2. The monoisotopic (exact) mass is 269 g/mol. The minimum absolute atomic E-state index is 0.0211. The molecule has 0 aromatic rings. The molecule has 0 bridgehead atoms. The summed E-state index contributed by atoms with van der Waals surface area (Å²) in [6, 6.07) is -1.23. The van der Waals surface area contributed by atoms with Gasteiger partial charge in [-0.1, -0.05) is 0 Å². The molecule has 1 unspecified atom stereocenters. The van der Waals surface area contributed by atoms with E-state index >= 15 is 0 Å². The maximum Gasteiger partial charge on any atom is 0.328 e. The van der Waals surface area contributed by atoms with Crippen LogP contribution in [0.3, 0.4) is 0 Å². The standard InChI is InChI=1S/C12H15NO6/c14-9-2-1-3-10(15)7(9)6-13-8(12(18)19)4-5-11(16)17/h6,8,14H,1-5H2,(H,16,17)(H,18,19). The number of hydrogen-bond donors (Lipinski definition) is 3. The maximum atomic E-state index is 11.5. The zero-order valence-electron chi connectivity index (χ0n) is 10.2. The number of rotatable bonds is 6. The van der Waals surface area contributed by atoms with Gasteiger partial charge in [0.2, 0.25) is 0 Å². The highest BCUT2D eigenvalue weighted by atomic mass is 16.4. The highest BCUT2D eigenvalue weighted by Crippen LogP contribution is 2.18. The predicted molar refractivity (Wildman–Crippen MR) is 65.3 cm³/mol. The van der Waals surface area contributed by atoms with E-state index in [1.807, 2.05) is 0 Å². The van der Waals surface area contributed by atoms with Crippen LogP contribution in [0, 0.1) is 0 Å². The van der Waals surface area contributed by atoms with Gasteiger partial charge in [-0.05, 0) is 12.8 Å². The first kappa shape index (κ1) is 14.9. The second-order valence-corrected chi connectivity index (χ2v) is 4.20. The van der Waals surface area contributed by atoms with Crippen molar-refractivity contribution in [2.24, 2.45) is 4.99 Å². The minimum atomic E-state index is -1.26. The van der Waals surface area contributed by atoms with Crippen molar-refractivity contribution in [1.82, 2.24) is 0 Å². The third-order valence-electron chi connectivity index (χ3n) is 2.73. The molecule has 0 spiro atoms. The summed E-state index contributed by atoms with van der Waals surface area (Å²) >= 11 is 0. The number of allylic oxidation sites excluding steroid dienone is 2. The van der Waals surface area contributed by atoms with Crippen LogP contribution in [0.15, 0.2) is 16.3 Å². The normalized spacial score (nSPS) is 17.8. The van der Waals surface area contributed by atoms with E-state index in [4.69, 9.17) is 10.2 Å². The molecule has 0 fully saturated rings. The first-order valence-electron chi connectivity index (χ1n) is 5.85. The van der Waals surface area contributed by atoms with Crippen molar-refractivity contribution in [2.45, 2.75) is 38.1 Å². The average Bonchev–Trinajstić information content (AvgIpc) is 2.31. The Hall–Kier alpha value is -2.18. The number of aliphatic imine (C=N–C) groups is 1. The van der Waals surface area contributed by atoms with Crippen LogP contribution in [-0.2, 0) is 14.4 Å². The van der Waals surface area contributed by atoms with Gasteiger partial charge in [0, 0.05) is 25.5 Å². The summed E-state index contributed by atoms with van der Waals surface area (Å²) < 4.78 is 0. The number of aliphatic carboxylic acids is 2. The molecule has 0 aliphatic heterocycles. The summed E-state index contributed by atoms with van der Waals surface area (Å²) in [6.45, 7) is 0. The second kappa shape index (κ2) is 6.67. The number of carbonyl (C=O) groups is 3. The first-order valence-corrected chi connectivity index (χ1v) is 5.85. The van der Waals surface area contributed by atoms with E-state index in [0.717, 1.165) is 6.21 Å². The molecule has 0 heterocycles. The Labute approximate surface area is 109 Å². The Morgan fingerprint density at radius 2 is 2.00 bits per heavy atom. The molecule has 0 amide bonds. The Morgan fingerprint density at radius 3 is 2.53 bits per heavy atom. The first-order chi connectivity index (χ1) is 8.91. The fraction of sp³-hybridized carbons (Fsp3) is 0.500. The van der Waals surface area contributed by atoms with Crippen molar-refractivity contribution in [1.29, 1.82) is 0 Å². The number of carbonyl (C=O) groups excluding carboxylic acids is 1. The number of aliphatic hydroxyl groups is 1. The van der Waals surface area contributed by atoms with E-state index < -0.39 is 18.0 Å². The number of Topliss-reactive ketones (excluding diaryl/α,β-unsaturated/α-hetero) is 1. The van der Waals surface area contributed by atoms with E-state index in [0.29, 0.717) is 12.8 Å². The topological polar surface area (TPSA) is 124 Å². The predicted octanol–water partition coefficient (Wildman–Crippen LogP) is 0.940. The highest BCUT2D eigenvalue weighted by molar-refractivity contribution is 6.14. The number of carboxylic acids is 2. The summed E-state index contributed by atoms with van der Waals surface area (Å²) in [4.78, 5) is 36.5. The van der Waals surface area contributed by atoms with Gasteiger partial charge >= 0.3 is 11.9 Å². The van der Waals surface area contributed by atoms with Crippen LogP contribution in [0.1, 0.15) is 32.1 Å². The van der Waals surface area contributed by atoms with Crippen molar-refractivity contribution < 1.29 is 29.7 Å². The lowest BCUT2D eigenvalue weighted by Crippen LogP contribution is -2.21. The van der Waals surface area contributed by atoms with E-state index in [1.165, 1.54) is 0 Å². The SMILES string of the molecule is O=C(O)CCC(N=CC1=C(O)CCCC1=O)C(=O)O. The van der Waals surface area contributed by atoms with E-state index in [-0.39, 0.29) is 36.4 Å². The lowest BCUT2D eigenvalue weighted by Gasteiger charge is -2.12. The molecule has 1 aliphatic rings. The highest BCUT2D eigenvalue weighted by Gasteiger charge is 2.21. The van der Waals surface area contributed by atoms with Gasteiger partial charge in [-0.25, -0.2) is 4.79 Å². The molecule has 3 N–H and O–H groups in total. The molecule has 1 rings (SSSR count). The molecule has 0 radical (unpaired) electrons. The summed E-state index contributed by atoms with van der Waals surface area (Å²) in [6.07, 6.45) is 1.76. The molecule has 1 atom stereocenters. The van der Waals surface area contributed by atoms with Crippen LogP contribution in [0.2, 0.25) is 0 Å². The summed E-state index contributed by atoms with van der Waals surface area (Å²) in [5.74, 6) is -2.75. The molecule has 0 saturated carbocycles. The zero-order chi connectivity index (χ0) is 14.4. The van der Waals surface area contributed by atoms with Gasteiger partial charge in [-0.3, -0.25) is 14.6 Å². The van der Waals surface area contributed by atoms with Gasteiger partial charge in [-0.2, -0.15) is 0 Å². The molecule has 7 nitrogen and oxygen atoms in total. The lowest BCUT2D eigenvalue weighted by atomic mass is 9.97. The molecule has 1 aliphatic carbocycles. The van der Waals surface area contributed by atoms with Crippen LogP contribution >= 0.6 is 0 Å². The fourth-order valence-electron chi connectivity index (χ4n) is 1.68. The van der Waals surface area contributed by atoms with Gasteiger partial charge in [0.1, 0.15) is 11.8 Å². The number of aliphatic hydroxyl groups excluding tert-OH is 1. The van der Waals surface area contributed by atoms with Gasteiger partial charge in [0.25, 0.3) is 0 Å². The number of nitrogens with zero attached hydrogens (tertiary/aromatic N) is 1. The Morgan fingerprint density at radius 1 is 1.32 bits per heavy atom. The van der Waals surface area contributed by atoms with E-state index in [9.17, 15) is 19.5 Å². The van der Waals surface area contributed by atoms with Crippen molar-refractivity contribution in [3.63, 3.8) is 0 Å². The molecule has 104 valence electrons. The molecular formula is C12H15NO6. The van der Waals surface area contributed by atoms with Crippen molar-refractivity contribution in [2.75, 3.05) is 0 Å². The molecule has 7 heteroatoms. The van der Waals surface area contributed by atoms with Gasteiger partial charge in [0.15, 0.2) is 5.78 Å². The molecule has 0 aromatic carbocycles. The van der Waals surface area contributed by atoms with Gasteiger partial charge in [-0.15, -0.1) is 0 Å². The molecular weight excluding hydrogens is 254 g/mol. The van der Waals surface area contributed by atoms with Crippen molar-refractivity contribution in [3.05, 3.63) is 11.3 Å². The third kappa shape index (κ3) is 4.53. The largest absolute Gasteiger partial charge is 0.512 e. The average molecular weight is 269 g/mol. The fourth-order valence-corrected chi connectivity index (χ4v) is 1.68. The summed E-state index contributed by atoms with van der Waals surface area (Å²) in [5, 5.41) is 26.9. The van der Waals surface area contributed by atoms with E-state index in [2.05, 4.69) is 4.99 Å². The quantitative estimate of drug-likeness (QED) is 0.616. The van der Waals surface area contributed by atoms with Crippen molar-refractivity contribution >= 4 is 23.9 Å². The number of ketones is 1. The van der Waals surface area contributed by atoms with Crippen LogP contribution in [0.5, 0.6) is 0 Å². The van der Waals surface area contributed by atoms with Gasteiger partial charge < -0.3 is 15.3 Å². The van der Waals surface area contributed by atoms with E-state index in [1.54, 1.807) is 0 Å². The Bertz CT molecular complexity index is 451. The van der Waals surface area contributed by atoms with Crippen LogP contribution < -0.4 is 0 Å². The number of carboxylic acid groups (broad SMARTS) is 2. The Balaban J connectivity index is 2.77. The van der Waals surface area contributed by atoms with Crippen LogP contribution in [0.25, 0.3) is 0 Å². The van der Waals surface area contributed by atoms with Gasteiger partial charge in [0.05, 0.1) is 5.57 Å². The lowest BCUT2D eigenvalue weighted by molar-refractivity contribution is -0.139. The minimum Gasteiger partial charge on any atom is -0.512 e.